The van der Waals surface area contributed by atoms with Crippen molar-refractivity contribution in [2.24, 2.45) is 0 Å². The minimum absolute atomic E-state index is 0.119. The zero-order chi connectivity index (χ0) is 12.3. The lowest BCUT2D eigenvalue weighted by Gasteiger charge is -2.26. The third-order valence-electron chi connectivity index (χ3n) is 2.63. The number of carbonyl (C=O) groups excluding carboxylic acids is 1. The van der Waals surface area contributed by atoms with Gasteiger partial charge < -0.3 is 20.1 Å². The lowest BCUT2D eigenvalue weighted by molar-refractivity contribution is 0.0299. The van der Waals surface area contributed by atoms with Crippen LogP contribution in [0, 0.1) is 0 Å². The summed E-state index contributed by atoms with van der Waals surface area (Å²) < 4.78 is 10.3. The molecule has 1 aliphatic rings. The van der Waals surface area contributed by atoms with Gasteiger partial charge >= 0.3 is 0 Å². The first-order valence-electron chi connectivity index (χ1n) is 5.39. The third-order valence-corrected chi connectivity index (χ3v) is 2.63. The second kappa shape index (κ2) is 5.01. The van der Waals surface area contributed by atoms with Gasteiger partial charge in [0.05, 0.1) is 32.2 Å². The number of rotatable bonds is 2. The van der Waals surface area contributed by atoms with Crippen LogP contribution in [0.4, 0.5) is 5.69 Å². The van der Waals surface area contributed by atoms with Crippen molar-refractivity contribution in [1.29, 1.82) is 0 Å². The van der Waals surface area contributed by atoms with Crippen molar-refractivity contribution < 1.29 is 14.3 Å². The summed E-state index contributed by atoms with van der Waals surface area (Å²) in [5, 5.41) is 0. The highest BCUT2D eigenvalue weighted by Crippen LogP contribution is 2.21. The molecule has 0 atom stereocenters. The molecule has 0 unspecified atom stereocenters. The zero-order valence-corrected chi connectivity index (χ0v) is 9.68. The van der Waals surface area contributed by atoms with Gasteiger partial charge in [0.1, 0.15) is 11.4 Å². The molecule has 0 bridgehead atoms. The van der Waals surface area contributed by atoms with Crippen molar-refractivity contribution in [3.63, 3.8) is 0 Å². The first-order valence-corrected chi connectivity index (χ1v) is 5.39. The third kappa shape index (κ3) is 2.47. The van der Waals surface area contributed by atoms with Gasteiger partial charge in [-0.2, -0.15) is 0 Å². The van der Waals surface area contributed by atoms with E-state index in [1.165, 1.54) is 13.3 Å². The maximum absolute atomic E-state index is 12.1. The average molecular weight is 237 g/mol. The van der Waals surface area contributed by atoms with Gasteiger partial charge in [0.2, 0.25) is 0 Å². The van der Waals surface area contributed by atoms with Crippen molar-refractivity contribution in [2.45, 2.75) is 0 Å². The summed E-state index contributed by atoms with van der Waals surface area (Å²) in [5.74, 6) is 0.350. The molecule has 2 N–H and O–H groups in total. The monoisotopic (exact) mass is 237 g/mol. The average Bonchev–Trinajstić information content (AvgIpc) is 2.39. The molecular weight excluding hydrogens is 222 g/mol. The summed E-state index contributed by atoms with van der Waals surface area (Å²) in [6.45, 7) is 2.32. The Labute approximate surface area is 99.3 Å². The van der Waals surface area contributed by atoms with E-state index in [0.29, 0.717) is 43.4 Å². The molecule has 2 rings (SSSR count). The number of pyridine rings is 1. The molecule has 17 heavy (non-hydrogen) atoms. The van der Waals surface area contributed by atoms with Crippen LogP contribution in [0.3, 0.4) is 0 Å². The lowest BCUT2D eigenvalue weighted by atomic mass is 10.2. The number of nitrogens with zero attached hydrogens (tertiary/aromatic N) is 2. The van der Waals surface area contributed by atoms with E-state index in [9.17, 15) is 4.79 Å². The van der Waals surface area contributed by atoms with Gasteiger partial charge in [-0.1, -0.05) is 0 Å². The Morgan fingerprint density at radius 3 is 2.88 bits per heavy atom. The molecular formula is C11H15N3O3. The molecule has 1 aromatic rings. The summed E-state index contributed by atoms with van der Waals surface area (Å²) in [7, 11) is 1.51. The number of ether oxygens (including phenoxy) is 2. The first-order chi connectivity index (χ1) is 8.22. The number of nitrogens with two attached hydrogens (primary N) is 1. The van der Waals surface area contributed by atoms with Crippen LogP contribution in [0.5, 0.6) is 5.75 Å². The van der Waals surface area contributed by atoms with Crippen molar-refractivity contribution in [3.05, 3.63) is 18.0 Å². The molecule has 1 saturated heterocycles. The predicted octanol–water partition coefficient (Wildman–Crippen LogP) is 0.145. The van der Waals surface area contributed by atoms with Gasteiger partial charge in [-0.15, -0.1) is 0 Å². The van der Waals surface area contributed by atoms with Crippen LogP contribution in [-0.2, 0) is 4.74 Å². The molecule has 0 aliphatic carbocycles. The highest BCUT2D eigenvalue weighted by atomic mass is 16.5. The largest absolute Gasteiger partial charge is 0.494 e. The Hall–Kier alpha value is -1.82. The zero-order valence-electron chi connectivity index (χ0n) is 9.68. The van der Waals surface area contributed by atoms with E-state index < -0.39 is 0 Å². The van der Waals surface area contributed by atoms with Crippen molar-refractivity contribution in [3.8, 4) is 5.75 Å². The molecule has 0 aromatic carbocycles. The predicted molar refractivity (Wildman–Crippen MR) is 61.9 cm³/mol. The molecule has 2 heterocycles. The fourth-order valence-electron chi connectivity index (χ4n) is 1.67. The second-order valence-electron chi connectivity index (χ2n) is 3.72. The normalized spacial score (nSPS) is 15.7. The number of aromatic nitrogens is 1. The number of anilines is 1. The number of nitrogen functional groups attached to an aromatic ring is 1. The Bertz CT molecular complexity index is 416. The van der Waals surface area contributed by atoms with Gasteiger partial charge in [0.25, 0.3) is 5.91 Å². The Morgan fingerprint density at radius 2 is 2.24 bits per heavy atom. The number of methoxy groups -OCH3 is 1. The van der Waals surface area contributed by atoms with E-state index in [-0.39, 0.29) is 5.91 Å². The minimum atomic E-state index is -0.119. The number of hydrogen-bond acceptors (Lipinski definition) is 5. The molecule has 6 nitrogen and oxygen atoms in total. The van der Waals surface area contributed by atoms with Gasteiger partial charge in [-0.05, 0) is 0 Å². The maximum atomic E-state index is 12.1. The van der Waals surface area contributed by atoms with E-state index in [1.807, 2.05) is 0 Å². The second-order valence-corrected chi connectivity index (χ2v) is 3.72. The molecule has 1 aliphatic heterocycles. The summed E-state index contributed by atoms with van der Waals surface area (Å²) in [6.07, 6.45) is 1.44. The van der Waals surface area contributed by atoms with Crippen LogP contribution in [0.2, 0.25) is 0 Å². The highest BCUT2D eigenvalue weighted by molar-refractivity contribution is 5.93. The Kier molecular flexibility index (Phi) is 3.43. The van der Waals surface area contributed by atoms with Crippen molar-refractivity contribution in [1.82, 2.24) is 9.88 Å². The Morgan fingerprint density at radius 1 is 1.53 bits per heavy atom. The van der Waals surface area contributed by atoms with Crippen LogP contribution in [0.15, 0.2) is 12.3 Å². The summed E-state index contributed by atoms with van der Waals surface area (Å²) in [5.41, 5.74) is 6.41. The molecule has 1 aromatic heterocycles. The fraction of sp³-hybridized carbons (Fsp3) is 0.455. The molecule has 6 heteroatoms. The van der Waals surface area contributed by atoms with E-state index in [4.69, 9.17) is 15.2 Å². The van der Waals surface area contributed by atoms with E-state index in [1.54, 1.807) is 11.0 Å². The quantitative estimate of drug-likeness (QED) is 0.792. The van der Waals surface area contributed by atoms with Crippen LogP contribution in [0.25, 0.3) is 0 Å². The van der Waals surface area contributed by atoms with Crippen LogP contribution >= 0.6 is 0 Å². The summed E-state index contributed by atoms with van der Waals surface area (Å²) >= 11 is 0. The smallest absolute Gasteiger partial charge is 0.272 e. The van der Waals surface area contributed by atoms with Crippen LogP contribution in [-0.4, -0.2) is 49.2 Å². The lowest BCUT2D eigenvalue weighted by Crippen LogP contribution is -2.41. The topological polar surface area (TPSA) is 77.7 Å². The van der Waals surface area contributed by atoms with Crippen LogP contribution in [0.1, 0.15) is 10.5 Å². The number of amides is 1. The van der Waals surface area contributed by atoms with Gasteiger partial charge in [-0.25, -0.2) is 4.98 Å². The van der Waals surface area contributed by atoms with Gasteiger partial charge in [0.15, 0.2) is 0 Å². The minimum Gasteiger partial charge on any atom is -0.494 e. The van der Waals surface area contributed by atoms with Crippen molar-refractivity contribution in [2.75, 3.05) is 39.1 Å². The van der Waals surface area contributed by atoms with E-state index >= 15 is 0 Å². The van der Waals surface area contributed by atoms with E-state index in [2.05, 4.69) is 4.98 Å². The standard InChI is InChI=1S/C11H15N3O3/c1-16-10-6-9(13-7-8(10)12)11(15)14-2-4-17-5-3-14/h6-7H,2-5,12H2,1H3. The van der Waals surface area contributed by atoms with Gasteiger partial charge in [0, 0.05) is 19.2 Å². The molecule has 0 spiro atoms. The maximum Gasteiger partial charge on any atom is 0.272 e. The number of morpholine rings is 1. The summed E-state index contributed by atoms with van der Waals surface area (Å²) in [4.78, 5) is 17.8. The summed E-state index contributed by atoms with van der Waals surface area (Å²) in [6, 6.07) is 1.56. The molecule has 0 radical (unpaired) electrons. The molecule has 0 saturated carbocycles. The van der Waals surface area contributed by atoms with Crippen LogP contribution < -0.4 is 10.5 Å². The first kappa shape index (κ1) is 11.7. The van der Waals surface area contributed by atoms with E-state index in [0.717, 1.165) is 0 Å². The van der Waals surface area contributed by atoms with Crippen molar-refractivity contribution >= 4 is 11.6 Å². The number of carbonyl (C=O) groups is 1. The Balaban J connectivity index is 2.18. The molecule has 92 valence electrons. The highest BCUT2D eigenvalue weighted by Gasteiger charge is 2.20. The SMILES string of the molecule is COc1cc(C(=O)N2CCOCC2)ncc1N. The molecule has 1 amide bonds. The molecule has 1 fully saturated rings. The van der Waals surface area contributed by atoms with Gasteiger partial charge in [-0.3, -0.25) is 4.79 Å². The fourth-order valence-corrected chi connectivity index (χ4v) is 1.67. The number of hydrogen-bond donors (Lipinski definition) is 1.